The number of ether oxygens (including phenoxy) is 1. The van der Waals surface area contributed by atoms with Gasteiger partial charge in [0.25, 0.3) is 0 Å². The molecule has 0 saturated heterocycles. The first-order chi connectivity index (χ1) is 11.9. The van der Waals surface area contributed by atoms with E-state index >= 15 is 0 Å². The molecule has 0 unspecified atom stereocenters. The minimum Gasteiger partial charge on any atom is -1.00 e. The van der Waals surface area contributed by atoms with E-state index in [1.54, 1.807) is 36.4 Å². The second-order valence-electron chi connectivity index (χ2n) is 5.41. The average molecular weight is 384 g/mol. The maximum atomic E-state index is 13.3. The molecule has 0 aliphatic rings. The summed E-state index contributed by atoms with van der Waals surface area (Å²) in [5, 5.41) is 0.457. The standard InChI is InChI=1S/C19H13F4NO.ClH/c1-25-14-7-8-15-16(10-14)17(19(21,22)23)11-24-18(15)9-4-12-2-5-13(20)6-3-12;/h2-11H,1H3;1H. The van der Waals surface area contributed by atoms with Gasteiger partial charge < -0.3 is 17.1 Å². The third-order valence-corrected chi connectivity index (χ3v) is 3.80. The summed E-state index contributed by atoms with van der Waals surface area (Å²) in [6, 6.07) is 10.3. The Labute approximate surface area is 153 Å². The van der Waals surface area contributed by atoms with Gasteiger partial charge in [0, 0.05) is 11.5 Å². The van der Waals surface area contributed by atoms with Crippen molar-refractivity contribution in [1.82, 2.24) is 0 Å². The lowest BCUT2D eigenvalue weighted by Crippen LogP contribution is -3.00. The van der Waals surface area contributed by atoms with E-state index in [0.29, 0.717) is 16.8 Å². The highest BCUT2D eigenvalue weighted by Crippen LogP contribution is 2.36. The summed E-state index contributed by atoms with van der Waals surface area (Å²) in [5.74, 6) is -0.00606. The van der Waals surface area contributed by atoms with E-state index in [1.807, 2.05) is 0 Å². The molecule has 0 amide bonds. The Morgan fingerprint density at radius 3 is 2.27 bits per heavy atom. The first kappa shape index (κ1) is 19.7. The predicted molar refractivity (Wildman–Crippen MR) is 87.4 cm³/mol. The number of nitrogens with one attached hydrogen (secondary N) is 1. The number of pyridine rings is 1. The van der Waals surface area contributed by atoms with Gasteiger partial charge in [-0.15, -0.1) is 0 Å². The van der Waals surface area contributed by atoms with Crippen LogP contribution in [0.3, 0.4) is 0 Å². The van der Waals surface area contributed by atoms with Crippen molar-refractivity contribution < 1.29 is 39.7 Å². The third kappa shape index (κ3) is 4.14. The van der Waals surface area contributed by atoms with Gasteiger partial charge in [-0.1, -0.05) is 12.1 Å². The maximum Gasteiger partial charge on any atom is 0.422 e. The van der Waals surface area contributed by atoms with Crippen LogP contribution in [-0.4, -0.2) is 7.11 Å². The van der Waals surface area contributed by atoms with Crippen LogP contribution < -0.4 is 22.1 Å². The lowest BCUT2D eigenvalue weighted by molar-refractivity contribution is -0.381. The number of halogens is 5. The van der Waals surface area contributed by atoms with Gasteiger partial charge in [0.1, 0.15) is 17.1 Å². The summed E-state index contributed by atoms with van der Waals surface area (Å²) in [5.41, 5.74) is 0.478. The minimum atomic E-state index is -4.49. The molecule has 0 spiro atoms. The van der Waals surface area contributed by atoms with Crippen LogP contribution in [0, 0.1) is 5.82 Å². The van der Waals surface area contributed by atoms with Crippen molar-refractivity contribution in [2.45, 2.75) is 6.18 Å². The molecular formula is C19H14ClF4NO. The van der Waals surface area contributed by atoms with E-state index < -0.39 is 11.7 Å². The summed E-state index contributed by atoms with van der Waals surface area (Å²) in [4.78, 5) is 2.68. The normalized spacial score (nSPS) is 11.6. The summed E-state index contributed by atoms with van der Waals surface area (Å²) in [7, 11) is 1.40. The molecule has 0 aliphatic carbocycles. The highest BCUT2D eigenvalue weighted by Gasteiger charge is 2.35. The molecule has 0 bridgehead atoms. The van der Waals surface area contributed by atoms with E-state index in [2.05, 4.69) is 4.98 Å². The van der Waals surface area contributed by atoms with E-state index in [1.165, 1.54) is 25.3 Å². The number of benzene rings is 2. The summed E-state index contributed by atoms with van der Waals surface area (Å²) >= 11 is 0. The number of H-pyrrole nitrogens is 1. The molecule has 2 nitrogen and oxygen atoms in total. The van der Waals surface area contributed by atoms with Crippen molar-refractivity contribution in [2.24, 2.45) is 0 Å². The van der Waals surface area contributed by atoms with Crippen molar-refractivity contribution in [3.63, 3.8) is 0 Å². The van der Waals surface area contributed by atoms with Crippen molar-refractivity contribution in [3.8, 4) is 5.75 Å². The largest absolute Gasteiger partial charge is 1.00 e. The maximum absolute atomic E-state index is 13.3. The third-order valence-electron chi connectivity index (χ3n) is 3.80. The van der Waals surface area contributed by atoms with Gasteiger partial charge in [0.2, 0.25) is 5.69 Å². The quantitative estimate of drug-likeness (QED) is 0.635. The molecule has 0 saturated carbocycles. The van der Waals surface area contributed by atoms with Crippen molar-refractivity contribution >= 4 is 22.9 Å². The predicted octanol–water partition coefficient (Wildman–Crippen LogP) is 1.99. The highest BCUT2D eigenvalue weighted by atomic mass is 35.5. The number of alkyl halides is 3. The van der Waals surface area contributed by atoms with Gasteiger partial charge in [-0.05, 0) is 42.0 Å². The second kappa shape index (κ2) is 7.74. The lowest BCUT2D eigenvalue weighted by atomic mass is 10.0. The summed E-state index contributed by atoms with van der Waals surface area (Å²) < 4.78 is 57.8. The van der Waals surface area contributed by atoms with Crippen molar-refractivity contribution in [1.29, 1.82) is 0 Å². The summed E-state index contributed by atoms with van der Waals surface area (Å²) in [6.07, 6.45) is -0.198. The SMILES string of the molecule is COc1ccc2c(C=Cc3ccc(F)cc3)[nH+]cc(C(F)(F)F)c2c1.[Cl-]. The molecule has 26 heavy (non-hydrogen) atoms. The van der Waals surface area contributed by atoms with Gasteiger partial charge in [-0.3, -0.25) is 0 Å². The first-order valence-corrected chi connectivity index (χ1v) is 7.42. The minimum absolute atomic E-state index is 0. The fraction of sp³-hybridized carbons (Fsp3) is 0.105. The van der Waals surface area contributed by atoms with Gasteiger partial charge in [0.15, 0.2) is 6.20 Å². The number of rotatable bonds is 3. The van der Waals surface area contributed by atoms with Crippen molar-refractivity contribution in [3.05, 3.63) is 71.3 Å². The molecule has 1 N–H and O–H groups in total. The van der Waals surface area contributed by atoms with Crippen LogP contribution in [0.1, 0.15) is 16.8 Å². The fourth-order valence-electron chi connectivity index (χ4n) is 2.54. The molecular weight excluding hydrogens is 370 g/mol. The Bertz CT molecular complexity index is 937. The van der Waals surface area contributed by atoms with E-state index in [-0.39, 0.29) is 23.6 Å². The molecule has 0 atom stereocenters. The molecule has 7 heteroatoms. The number of hydrogen-bond donors (Lipinski definition) is 0. The Morgan fingerprint density at radius 2 is 1.65 bits per heavy atom. The molecule has 0 aliphatic heterocycles. The molecule has 0 fully saturated rings. The molecule has 0 radical (unpaired) electrons. The van der Waals surface area contributed by atoms with Gasteiger partial charge >= 0.3 is 6.18 Å². The molecule has 1 aromatic heterocycles. The first-order valence-electron chi connectivity index (χ1n) is 7.42. The molecule has 136 valence electrons. The van der Waals surface area contributed by atoms with Crippen LogP contribution in [0.5, 0.6) is 5.75 Å². The average Bonchev–Trinajstić information content (AvgIpc) is 2.59. The van der Waals surface area contributed by atoms with E-state index in [0.717, 1.165) is 11.8 Å². The molecule has 3 aromatic rings. The van der Waals surface area contributed by atoms with Crippen LogP contribution in [0.2, 0.25) is 0 Å². The number of hydrogen-bond acceptors (Lipinski definition) is 1. The van der Waals surface area contributed by atoms with Crippen LogP contribution in [0.25, 0.3) is 22.9 Å². The van der Waals surface area contributed by atoms with Gasteiger partial charge in [-0.2, -0.15) is 13.2 Å². The van der Waals surface area contributed by atoms with Gasteiger partial charge in [0.05, 0.1) is 12.5 Å². The number of methoxy groups -OCH3 is 1. The second-order valence-corrected chi connectivity index (χ2v) is 5.41. The van der Waals surface area contributed by atoms with Gasteiger partial charge in [-0.25, -0.2) is 9.37 Å². The fourth-order valence-corrected chi connectivity index (χ4v) is 2.54. The summed E-state index contributed by atoms with van der Waals surface area (Å²) in [6.45, 7) is 0. The molecule has 1 heterocycles. The Hall–Kier alpha value is -2.60. The monoisotopic (exact) mass is 383 g/mol. The smallest absolute Gasteiger partial charge is 0.422 e. The number of aromatic nitrogens is 1. The Morgan fingerprint density at radius 1 is 0.962 bits per heavy atom. The number of fused-ring (bicyclic) bond motifs is 1. The van der Waals surface area contributed by atoms with E-state index in [9.17, 15) is 17.6 Å². The zero-order valence-electron chi connectivity index (χ0n) is 13.6. The molecule has 2 aromatic carbocycles. The van der Waals surface area contributed by atoms with Crippen LogP contribution in [0.4, 0.5) is 17.6 Å². The lowest BCUT2D eigenvalue weighted by Gasteiger charge is -2.09. The highest BCUT2D eigenvalue weighted by molar-refractivity contribution is 5.93. The van der Waals surface area contributed by atoms with Crippen molar-refractivity contribution in [2.75, 3.05) is 7.11 Å². The number of aromatic amines is 1. The van der Waals surface area contributed by atoms with E-state index in [4.69, 9.17) is 4.74 Å². The topological polar surface area (TPSA) is 23.4 Å². The molecule has 3 rings (SSSR count). The Balaban J connectivity index is 0.00000243. The zero-order valence-corrected chi connectivity index (χ0v) is 14.3. The van der Waals surface area contributed by atoms with Crippen LogP contribution in [0.15, 0.2) is 48.7 Å². The van der Waals surface area contributed by atoms with Crippen LogP contribution >= 0.6 is 0 Å². The van der Waals surface area contributed by atoms with Crippen LogP contribution in [-0.2, 0) is 6.18 Å². The Kier molecular flexibility index (Phi) is 5.87. The zero-order chi connectivity index (χ0) is 18.0.